The van der Waals surface area contributed by atoms with Gasteiger partial charge in [-0.15, -0.1) is 5.06 Å². The molecule has 0 aromatic carbocycles. The van der Waals surface area contributed by atoms with E-state index in [2.05, 4.69) is 0 Å². The molecule has 178 valence electrons. The highest BCUT2D eigenvalue weighted by molar-refractivity contribution is 6.01. The summed E-state index contributed by atoms with van der Waals surface area (Å²) in [4.78, 5) is 51.4. The van der Waals surface area contributed by atoms with Crippen molar-refractivity contribution in [2.45, 2.75) is 52.9 Å². The van der Waals surface area contributed by atoms with Gasteiger partial charge in [0.1, 0.15) is 5.78 Å². The number of rotatable bonds is 18. The van der Waals surface area contributed by atoms with E-state index in [1.165, 1.54) is 0 Å². The van der Waals surface area contributed by atoms with Crippen molar-refractivity contribution >= 4 is 23.6 Å². The zero-order chi connectivity index (χ0) is 23.1. The number of hydroxylamine groups is 2. The Morgan fingerprint density at radius 2 is 1.26 bits per heavy atom. The summed E-state index contributed by atoms with van der Waals surface area (Å²) >= 11 is 0. The molecule has 10 heteroatoms. The standard InChI is InChI=1S/C21H35NO9/c1-4-27-13-21(14-28-5-2,15-29-6-3)16-30-12-11-17(23)7-10-20(26)31-22-18(24)8-9-19(22)25/h4-16H2,1-3H3. The van der Waals surface area contributed by atoms with Gasteiger partial charge in [-0.2, -0.15) is 0 Å². The van der Waals surface area contributed by atoms with Crippen LogP contribution in [0.4, 0.5) is 0 Å². The minimum absolute atomic E-state index is 0.0275. The number of carbonyl (C=O) groups excluding carboxylic acids is 4. The SMILES string of the molecule is CCOCC(COCC)(COCC)COCCC(=O)CCC(=O)ON1C(=O)CCC1=O. The third-order valence-electron chi connectivity index (χ3n) is 4.58. The van der Waals surface area contributed by atoms with E-state index in [1.807, 2.05) is 20.8 Å². The minimum atomic E-state index is -0.790. The second kappa shape index (κ2) is 15.0. The van der Waals surface area contributed by atoms with Crippen LogP contribution in [0, 0.1) is 5.41 Å². The van der Waals surface area contributed by atoms with Gasteiger partial charge in [0.25, 0.3) is 11.8 Å². The van der Waals surface area contributed by atoms with Crippen molar-refractivity contribution in [1.29, 1.82) is 0 Å². The van der Waals surface area contributed by atoms with E-state index in [1.54, 1.807) is 0 Å². The summed E-state index contributed by atoms with van der Waals surface area (Å²) in [6.07, 6.45) is -0.0817. The van der Waals surface area contributed by atoms with Crippen LogP contribution in [0.3, 0.4) is 0 Å². The van der Waals surface area contributed by atoms with Crippen LogP contribution < -0.4 is 0 Å². The fourth-order valence-corrected chi connectivity index (χ4v) is 2.85. The maximum atomic E-state index is 12.0. The molecular weight excluding hydrogens is 410 g/mol. The topological polar surface area (TPSA) is 118 Å². The van der Waals surface area contributed by atoms with E-state index >= 15 is 0 Å². The predicted octanol–water partition coefficient (Wildman–Crippen LogP) is 1.45. The number of hydrogen-bond donors (Lipinski definition) is 0. The molecule has 1 saturated heterocycles. The molecule has 0 spiro atoms. The summed E-state index contributed by atoms with van der Waals surface area (Å²) in [6.45, 7) is 9.14. The van der Waals surface area contributed by atoms with Crippen LogP contribution in [0.15, 0.2) is 0 Å². The smallest absolute Gasteiger partial charge is 0.333 e. The zero-order valence-corrected chi connectivity index (χ0v) is 18.8. The molecule has 31 heavy (non-hydrogen) atoms. The first-order chi connectivity index (χ1) is 14.9. The Labute approximate surface area is 183 Å². The fourth-order valence-electron chi connectivity index (χ4n) is 2.85. The van der Waals surface area contributed by atoms with E-state index < -0.39 is 23.2 Å². The number of carbonyl (C=O) groups is 4. The average Bonchev–Trinajstić information content (AvgIpc) is 3.08. The number of imide groups is 1. The normalized spacial score (nSPS) is 14.4. The largest absolute Gasteiger partial charge is 0.381 e. The van der Waals surface area contributed by atoms with Gasteiger partial charge in [0.05, 0.1) is 44.9 Å². The lowest BCUT2D eigenvalue weighted by Gasteiger charge is -2.32. The average molecular weight is 446 g/mol. The molecule has 0 atom stereocenters. The number of ketones is 1. The Morgan fingerprint density at radius 3 is 1.74 bits per heavy atom. The van der Waals surface area contributed by atoms with Crippen LogP contribution in [0.2, 0.25) is 0 Å². The van der Waals surface area contributed by atoms with Crippen molar-refractivity contribution in [3.8, 4) is 0 Å². The maximum absolute atomic E-state index is 12.0. The van der Waals surface area contributed by atoms with Crippen molar-refractivity contribution in [2.24, 2.45) is 5.41 Å². The number of amides is 2. The van der Waals surface area contributed by atoms with Gasteiger partial charge in [0.15, 0.2) is 0 Å². The third-order valence-corrected chi connectivity index (χ3v) is 4.58. The van der Waals surface area contributed by atoms with E-state index in [4.69, 9.17) is 23.8 Å². The summed E-state index contributed by atoms with van der Waals surface area (Å²) < 4.78 is 22.5. The molecule has 0 N–H and O–H groups in total. The molecule has 1 fully saturated rings. The van der Waals surface area contributed by atoms with Crippen LogP contribution in [-0.4, -0.2) is 81.5 Å². The second-order valence-corrected chi connectivity index (χ2v) is 7.30. The summed E-state index contributed by atoms with van der Waals surface area (Å²) in [6, 6.07) is 0. The number of hydrogen-bond acceptors (Lipinski definition) is 9. The lowest BCUT2D eigenvalue weighted by Crippen LogP contribution is -2.42. The minimum Gasteiger partial charge on any atom is -0.381 e. The molecular formula is C21H35NO9. The molecule has 0 bridgehead atoms. The van der Waals surface area contributed by atoms with Gasteiger partial charge < -0.3 is 23.8 Å². The quantitative estimate of drug-likeness (QED) is 0.228. The van der Waals surface area contributed by atoms with Crippen molar-refractivity contribution in [2.75, 3.05) is 52.9 Å². The summed E-state index contributed by atoms with van der Waals surface area (Å²) in [5, 5.41) is 0.477. The molecule has 0 radical (unpaired) electrons. The molecule has 2 amide bonds. The first-order valence-corrected chi connectivity index (χ1v) is 10.8. The molecule has 0 aromatic rings. The van der Waals surface area contributed by atoms with Gasteiger partial charge in [-0.3, -0.25) is 14.4 Å². The van der Waals surface area contributed by atoms with E-state index in [9.17, 15) is 19.2 Å². The van der Waals surface area contributed by atoms with Crippen LogP contribution in [0.5, 0.6) is 0 Å². The lowest BCUT2D eigenvalue weighted by atomic mass is 9.92. The Hall–Kier alpha value is -1.88. The Balaban J connectivity index is 2.37. The van der Waals surface area contributed by atoms with E-state index in [0.717, 1.165) is 0 Å². The first-order valence-electron chi connectivity index (χ1n) is 10.8. The zero-order valence-electron chi connectivity index (χ0n) is 18.8. The highest BCUT2D eigenvalue weighted by Crippen LogP contribution is 2.21. The van der Waals surface area contributed by atoms with E-state index in [0.29, 0.717) is 51.3 Å². The predicted molar refractivity (Wildman–Crippen MR) is 109 cm³/mol. The lowest BCUT2D eigenvalue weighted by molar-refractivity contribution is -0.197. The van der Waals surface area contributed by atoms with Crippen LogP contribution >= 0.6 is 0 Å². The number of nitrogens with zero attached hydrogens (tertiary/aromatic N) is 1. The molecule has 0 aromatic heterocycles. The Kier molecular flexibility index (Phi) is 13.1. The third kappa shape index (κ3) is 10.3. The second-order valence-electron chi connectivity index (χ2n) is 7.30. The summed E-state index contributed by atoms with van der Waals surface area (Å²) in [7, 11) is 0. The van der Waals surface area contributed by atoms with E-state index in [-0.39, 0.29) is 44.5 Å². The molecule has 1 aliphatic rings. The summed E-state index contributed by atoms with van der Waals surface area (Å²) in [5.74, 6) is -2.07. The number of ether oxygens (including phenoxy) is 4. The van der Waals surface area contributed by atoms with Gasteiger partial charge in [-0.05, 0) is 20.8 Å². The summed E-state index contributed by atoms with van der Waals surface area (Å²) in [5.41, 5.74) is -0.469. The maximum Gasteiger partial charge on any atom is 0.333 e. The molecule has 0 unspecified atom stereocenters. The van der Waals surface area contributed by atoms with Crippen molar-refractivity contribution in [3.05, 3.63) is 0 Å². The first kappa shape index (κ1) is 27.2. The molecule has 1 rings (SSSR count). The molecule has 10 nitrogen and oxygen atoms in total. The monoisotopic (exact) mass is 445 g/mol. The molecule has 0 saturated carbocycles. The highest BCUT2D eigenvalue weighted by atomic mass is 16.7. The van der Waals surface area contributed by atoms with Crippen molar-refractivity contribution in [3.63, 3.8) is 0 Å². The van der Waals surface area contributed by atoms with Gasteiger partial charge in [-0.25, -0.2) is 4.79 Å². The van der Waals surface area contributed by atoms with Gasteiger partial charge in [0.2, 0.25) is 0 Å². The molecule has 0 aliphatic carbocycles. The van der Waals surface area contributed by atoms with Gasteiger partial charge in [-0.1, -0.05) is 0 Å². The van der Waals surface area contributed by atoms with Crippen LogP contribution in [0.1, 0.15) is 52.9 Å². The number of Topliss-reactive ketones (excluding diaryl/α,β-unsaturated/α-hetero) is 1. The molecule has 1 heterocycles. The van der Waals surface area contributed by atoms with Crippen molar-refractivity contribution in [1.82, 2.24) is 5.06 Å². The fraction of sp³-hybridized carbons (Fsp3) is 0.810. The Morgan fingerprint density at radius 1 is 0.774 bits per heavy atom. The Bertz CT molecular complexity index is 556. The molecule has 1 aliphatic heterocycles. The van der Waals surface area contributed by atoms with Gasteiger partial charge >= 0.3 is 5.97 Å². The van der Waals surface area contributed by atoms with Crippen LogP contribution in [-0.2, 0) is 43.0 Å². The highest BCUT2D eigenvalue weighted by Gasteiger charge is 2.33. The van der Waals surface area contributed by atoms with Crippen molar-refractivity contribution < 1.29 is 43.0 Å². The van der Waals surface area contributed by atoms with Gasteiger partial charge in [0, 0.05) is 45.5 Å². The van der Waals surface area contributed by atoms with Crippen LogP contribution in [0.25, 0.3) is 0 Å².